The molecule has 31 heavy (non-hydrogen) atoms. The smallest absolute Gasteiger partial charge is 0.330 e. The first-order valence-electron chi connectivity index (χ1n) is 10.2. The third kappa shape index (κ3) is 3.87. The molecular formula is C20H21N5O4S2. The van der Waals surface area contributed by atoms with Crippen LogP contribution in [0, 0.1) is 5.92 Å². The Hall–Kier alpha value is -2.66. The molecule has 2 aliphatic carbocycles. The minimum atomic E-state index is -0.769. The Morgan fingerprint density at radius 3 is 2.94 bits per heavy atom. The van der Waals surface area contributed by atoms with E-state index in [9.17, 15) is 14.4 Å². The van der Waals surface area contributed by atoms with Crippen molar-refractivity contribution >= 4 is 34.7 Å². The number of anilines is 1. The van der Waals surface area contributed by atoms with Crippen LogP contribution in [-0.4, -0.2) is 31.3 Å². The highest BCUT2D eigenvalue weighted by atomic mass is 32.2. The fraction of sp³-hybridized carbons (Fsp3) is 0.450. The number of H-pyrrole nitrogens is 1. The van der Waals surface area contributed by atoms with Gasteiger partial charge in [0.1, 0.15) is 11.4 Å². The van der Waals surface area contributed by atoms with Gasteiger partial charge in [-0.15, -0.1) is 21.5 Å². The normalized spacial score (nSPS) is 18.2. The number of nitrogens with zero attached hydrogens (tertiary/aromatic N) is 3. The number of fused-ring (bicyclic) bond motifs is 1. The zero-order valence-corrected chi connectivity index (χ0v) is 18.5. The maximum Gasteiger partial charge on any atom is 0.330 e. The Kier molecular flexibility index (Phi) is 5.09. The lowest BCUT2D eigenvalue weighted by Crippen LogP contribution is -2.36. The number of carbonyl (C=O) groups excluding carboxylic acids is 1. The summed E-state index contributed by atoms with van der Waals surface area (Å²) in [4.78, 5) is 41.4. The third-order valence-electron chi connectivity index (χ3n) is 5.65. The minimum Gasteiger partial charge on any atom is -0.410 e. The van der Waals surface area contributed by atoms with Gasteiger partial charge in [0, 0.05) is 10.9 Å². The molecule has 0 aromatic carbocycles. The molecule has 3 N–H and O–H groups in total. The number of ketones is 1. The number of aryl methyl sites for hydroxylation is 1. The second-order valence-corrected chi connectivity index (χ2v) is 10.2. The molecule has 3 heterocycles. The van der Waals surface area contributed by atoms with Crippen molar-refractivity contribution in [2.75, 3.05) is 11.5 Å². The number of hydrogen-bond donors (Lipinski definition) is 2. The molecule has 0 bridgehead atoms. The maximum absolute atomic E-state index is 12.7. The van der Waals surface area contributed by atoms with Crippen molar-refractivity contribution in [3.05, 3.63) is 42.9 Å². The van der Waals surface area contributed by atoms with E-state index in [2.05, 4.69) is 28.2 Å². The minimum absolute atomic E-state index is 0.0540. The van der Waals surface area contributed by atoms with Gasteiger partial charge in [0.2, 0.25) is 0 Å². The molecule has 0 radical (unpaired) electrons. The van der Waals surface area contributed by atoms with Crippen LogP contribution in [0.1, 0.15) is 53.0 Å². The number of nitrogens with one attached hydrogen (secondary N) is 1. The van der Waals surface area contributed by atoms with Gasteiger partial charge in [0.15, 0.2) is 5.78 Å². The molecule has 11 heteroatoms. The molecule has 5 rings (SSSR count). The average Bonchev–Trinajstić information content (AvgIpc) is 3.27. The summed E-state index contributed by atoms with van der Waals surface area (Å²) in [5, 5.41) is 8.38. The van der Waals surface area contributed by atoms with Crippen LogP contribution in [0.4, 0.5) is 5.82 Å². The van der Waals surface area contributed by atoms with E-state index in [0.717, 1.165) is 42.3 Å². The number of aromatic nitrogens is 4. The molecule has 0 saturated heterocycles. The number of thiophene rings is 1. The van der Waals surface area contributed by atoms with Crippen LogP contribution in [-0.2, 0) is 12.8 Å². The summed E-state index contributed by atoms with van der Waals surface area (Å²) in [6.45, 7) is 2.26. The van der Waals surface area contributed by atoms with Gasteiger partial charge in [0.25, 0.3) is 16.7 Å². The highest BCUT2D eigenvalue weighted by Crippen LogP contribution is 2.38. The molecule has 0 unspecified atom stereocenters. The standard InChI is InChI=1S/C20H21N5O4S2/c1-9-2-5-13-10(6-9)7-14(31-13)18-23-24-20(29-18)30-8-12(26)15-16(21)25(11-3-4-11)19(28)22-17(15)27/h7,9,11H,2-6,8,21H2,1H3,(H,22,27,28)/t9-/m0/s1. The van der Waals surface area contributed by atoms with Crippen LogP contribution < -0.4 is 17.0 Å². The van der Waals surface area contributed by atoms with Gasteiger partial charge in [-0.25, -0.2) is 4.79 Å². The number of rotatable bonds is 6. The van der Waals surface area contributed by atoms with E-state index in [-0.39, 0.29) is 28.4 Å². The van der Waals surface area contributed by atoms with Crippen molar-refractivity contribution in [3.63, 3.8) is 0 Å². The fourth-order valence-corrected chi connectivity index (χ4v) is 5.67. The number of nitrogen functional groups attached to an aromatic ring is 1. The van der Waals surface area contributed by atoms with Crippen LogP contribution >= 0.6 is 23.1 Å². The largest absolute Gasteiger partial charge is 0.410 e. The maximum atomic E-state index is 12.7. The van der Waals surface area contributed by atoms with E-state index in [1.54, 1.807) is 11.3 Å². The monoisotopic (exact) mass is 459 g/mol. The van der Waals surface area contributed by atoms with Crippen molar-refractivity contribution in [1.82, 2.24) is 19.7 Å². The van der Waals surface area contributed by atoms with E-state index in [1.165, 1.54) is 21.4 Å². The van der Waals surface area contributed by atoms with E-state index < -0.39 is 17.0 Å². The van der Waals surface area contributed by atoms with Gasteiger partial charge in [0.05, 0.1) is 10.6 Å². The molecule has 1 fully saturated rings. The molecule has 1 saturated carbocycles. The molecule has 0 amide bonds. The summed E-state index contributed by atoms with van der Waals surface area (Å²) in [6, 6.07) is 2.06. The van der Waals surface area contributed by atoms with Crippen molar-refractivity contribution in [1.29, 1.82) is 0 Å². The highest BCUT2D eigenvalue weighted by Gasteiger charge is 2.30. The van der Waals surface area contributed by atoms with E-state index in [1.807, 2.05) is 0 Å². The molecule has 9 nitrogen and oxygen atoms in total. The van der Waals surface area contributed by atoms with Crippen molar-refractivity contribution in [3.8, 4) is 10.8 Å². The number of Topliss-reactive ketones (excluding diaryl/α,β-unsaturated/α-hetero) is 1. The number of nitrogens with two attached hydrogens (primary N) is 1. The lowest BCUT2D eigenvalue weighted by atomic mass is 9.90. The van der Waals surface area contributed by atoms with Gasteiger partial charge in [-0.2, -0.15) is 0 Å². The van der Waals surface area contributed by atoms with Gasteiger partial charge >= 0.3 is 5.69 Å². The van der Waals surface area contributed by atoms with E-state index in [0.29, 0.717) is 11.8 Å². The Morgan fingerprint density at radius 2 is 2.16 bits per heavy atom. The Morgan fingerprint density at radius 1 is 1.35 bits per heavy atom. The number of hydrogen-bond acceptors (Lipinski definition) is 9. The summed E-state index contributed by atoms with van der Waals surface area (Å²) in [7, 11) is 0. The zero-order valence-electron chi connectivity index (χ0n) is 16.8. The summed E-state index contributed by atoms with van der Waals surface area (Å²) in [6.07, 6.45) is 4.93. The van der Waals surface area contributed by atoms with Crippen LogP contribution in [0.3, 0.4) is 0 Å². The quantitative estimate of drug-likeness (QED) is 0.424. The molecule has 162 valence electrons. The first kappa shape index (κ1) is 20.3. The molecule has 0 aliphatic heterocycles. The van der Waals surface area contributed by atoms with Crippen LogP contribution in [0.2, 0.25) is 0 Å². The zero-order chi connectivity index (χ0) is 21.7. The molecule has 3 aromatic rings. The Labute approximate surface area is 185 Å². The van der Waals surface area contributed by atoms with E-state index in [4.69, 9.17) is 10.2 Å². The average molecular weight is 460 g/mol. The van der Waals surface area contributed by atoms with Crippen LogP contribution in [0.25, 0.3) is 10.8 Å². The van der Waals surface area contributed by atoms with Crippen molar-refractivity contribution in [2.24, 2.45) is 5.92 Å². The fourth-order valence-electron chi connectivity index (χ4n) is 3.91. The molecular weight excluding hydrogens is 438 g/mol. The van der Waals surface area contributed by atoms with Crippen LogP contribution in [0.15, 0.2) is 25.3 Å². The predicted octanol–water partition coefficient (Wildman–Crippen LogP) is 2.67. The van der Waals surface area contributed by atoms with Gasteiger partial charge < -0.3 is 10.2 Å². The molecule has 2 aliphatic rings. The number of aromatic amines is 1. The lowest BCUT2D eigenvalue weighted by Gasteiger charge is -2.16. The first-order valence-corrected chi connectivity index (χ1v) is 12.0. The van der Waals surface area contributed by atoms with Crippen molar-refractivity contribution < 1.29 is 9.21 Å². The predicted molar refractivity (Wildman–Crippen MR) is 118 cm³/mol. The number of thioether (sulfide) groups is 1. The summed E-state index contributed by atoms with van der Waals surface area (Å²) < 4.78 is 7.03. The summed E-state index contributed by atoms with van der Waals surface area (Å²) >= 11 is 2.72. The SMILES string of the molecule is C[C@H]1CCc2sc(-c3nnc(SCC(=O)c4c(N)n(C5CC5)c(=O)[nH]c4=O)o3)cc2C1. The Balaban J connectivity index is 1.31. The second kappa shape index (κ2) is 7.79. The molecule has 1 atom stereocenters. The topological polar surface area (TPSA) is 137 Å². The number of carbonyl (C=O) groups is 1. The molecule has 3 aromatic heterocycles. The second-order valence-electron chi connectivity index (χ2n) is 8.11. The highest BCUT2D eigenvalue weighted by molar-refractivity contribution is 7.99. The van der Waals surface area contributed by atoms with E-state index >= 15 is 0 Å². The lowest BCUT2D eigenvalue weighted by molar-refractivity contribution is 0.102. The summed E-state index contributed by atoms with van der Waals surface area (Å²) in [5.41, 5.74) is 5.80. The first-order chi connectivity index (χ1) is 14.9. The van der Waals surface area contributed by atoms with Gasteiger partial charge in [-0.1, -0.05) is 18.7 Å². The Bertz CT molecular complexity index is 1280. The van der Waals surface area contributed by atoms with Crippen LogP contribution in [0.5, 0.6) is 0 Å². The van der Waals surface area contributed by atoms with Gasteiger partial charge in [-0.05, 0) is 49.7 Å². The third-order valence-corrected chi connectivity index (χ3v) is 7.69. The van der Waals surface area contributed by atoms with Gasteiger partial charge in [-0.3, -0.25) is 19.1 Å². The van der Waals surface area contributed by atoms with Crippen molar-refractivity contribution in [2.45, 2.75) is 50.3 Å². The molecule has 0 spiro atoms. The summed E-state index contributed by atoms with van der Waals surface area (Å²) in [5.74, 6) is 0.446.